The average molecular weight is 361 g/mol. The fraction of sp³-hybridized carbons (Fsp3) is 0.263. The van der Waals surface area contributed by atoms with Gasteiger partial charge in [0.15, 0.2) is 13.2 Å². The quantitative estimate of drug-likeness (QED) is 0.804. The summed E-state index contributed by atoms with van der Waals surface area (Å²) in [7, 11) is 0. The Kier molecular flexibility index (Phi) is 5.46. The van der Waals surface area contributed by atoms with E-state index in [0.717, 1.165) is 31.4 Å². The summed E-state index contributed by atoms with van der Waals surface area (Å²) in [5.41, 5.74) is 2.46. The molecule has 0 aliphatic heterocycles. The number of ether oxygens (including phenoxy) is 2. The molecule has 0 saturated heterocycles. The van der Waals surface area contributed by atoms with Crippen molar-refractivity contribution in [1.82, 2.24) is 0 Å². The van der Waals surface area contributed by atoms with Crippen LogP contribution in [0.5, 0.6) is 5.75 Å². The zero-order valence-electron chi connectivity index (χ0n) is 13.9. The van der Waals surface area contributed by atoms with Crippen LogP contribution in [0.2, 0.25) is 0 Å². The van der Waals surface area contributed by atoms with Gasteiger partial charge in [0.05, 0.1) is 0 Å². The molecule has 3 rings (SSSR count). The van der Waals surface area contributed by atoms with Crippen LogP contribution in [0.25, 0.3) is 0 Å². The van der Waals surface area contributed by atoms with E-state index in [1.165, 1.54) is 11.1 Å². The van der Waals surface area contributed by atoms with Gasteiger partial charge < -0.3 is 14.8 Å². The highest BCUT2D eigenvalue weighted by molar-refractivity contribution is 5.92. The standard InChI is InChI=1S/C19H17F2NO4/c20-14-7-15(21)9-16(8-14)22-18(23)10-26-19(24)11-25-17-5-4-12-2-1-3-13(12)6-17/h4-9H,1-3,10-11H2,(H,22,23). The van der Waals surface area contributed by atoms with Crippen LogP contribution in [0.3, 0.4) is 0 Å². The fourth-order valence-electron chi connectivity index (χ4n) is 2.79. The summed E-state index contributed by atoms with van der Waals surface area (Å²) in [4.78, 5) is 23.3. The lowest BCUT2D eigenvalue weighted by Crippen LogP contribution is -2.23. The van der Waals surface area contributed by atoms with Gasteiger partial charge in [0.1, 0.15) is 17.4 Å². The van der Waals surface area contributed by atoms with Crippen LogP contribution in [-0.4, -0.2) is 25.1 Å². The molecule has 1 N–H and O–H groups in total. The topological polar surface area (TPSA) is 64.6 Å². The van der Waals surface area contributed by atoms with Gasteiger partial charge in [0, 0.05) is 11.8 Å². The van der Waals surface area contributed by atoms with Crippen LogP contribution in [0.1, 0.15) is 17.5 Å². The van der Waals surface area contributed by atoms with Gasteiger partial charge in [-0.05, 0) is 54.7 Å². The van der Waals surface area contributed by atoms with Crippen LogP contribution in [-0.2, 0) is 27.2 Å². The van der Waals surface area contributed by atoms with Crippen molar-refractivity contribution >= 4 is 17.6 Å². The van der Waals surface area contributed by atoms with Gasteiger partial charge in [0.25, 0.3) is 5.91 Å². The van der Waals surface area contributed by atoms with Crippen molar-refractivity contribution in [2.45, 2.75) is 19.3 Å². The van der Waals surface area contributed by atoms with Gasteiger partial charge >= 0.3 is 5.97 Å². The number of aryl methyl sites for hydroxylation is 2. The molecule has 0 aromatic heterocycles. The van der Waals surface area contributed by atoms with E-state index >= 15 is 0 Å². The van der Waals surface area contributed by atoms with E-state index in [-0.39, 0.29) is 12.3 Å². The maximum absolute atomic E-state index is 13.0. The number of rotatable bonds is 6. The van der Waals surface area contributed by atoms with Crippen molar-refractivity contribution in [2.24, 2.45) is 0 Å². The summed E-state index contributed by atoms with van der Waals surface area (Å²) in [5, 5.41) is 2.24. The van der Waals surface area contributed by atoms with Gasteiger partial charge in [-0.1, -0.05) is 6.07 Å². The van der Waals surface area contributed by atoms with Gasteiger partial charge in [-0.3, -0.25) is 4.79 Å². The zero-order chi connectivity index (χ0) is 18.5. The molecule has 1 aliphatic carbocycles. The molecule has 1 aliphatic rings. The van der Waals surface area contributed by atoms with Crippen molar-refractivity contribution in [2.75, 3.05) is 18.5 Å². The van der Waals surface area contributed by atoms with Gasteiger partial charge in [0.2, 0.25) is 0 Å². The lowest BCUT2D eigenvalue weighted by atomic mass is 10.1. The minimum Gasteiger partial charge on any atom is -0.482 e. The molecular formula is C19H17F2NO4. The monoisotopic (exact) mass is 361 g/mol. The third-order valence-electron chi connectivity index (χ3n) is 3.94. The highest BCUT2D eigenvalue weighted by Gasteiger charge is 2.13. The number of hydrogen-bond acceptors (Lipinski definition) is 4. The van der Waals surface area contributed by atoms with Crippen LogP contribution in [0, 0.1) is 11.6 Å². The van der Waals surface area contributed by atoms with Gasteiger partial charge in [-0.15, -0.1) is 0 Å². The Balaban J connectivity index is 1.43. The molecule has 0 unspecified atom stereocenters. The summed E-state index contributed by atoms with van der Waals surface area (Å²) in [5.74, 6) is -2.49. The maximum atomic E-state index is 13.0. The molecule has 0 heterocycles. The zero-order valence-corrected chi connectivity index (χ0v) is 13.9. The number of carbonyl (C=O) groups excluding carboxylic acids is 2. The molecule has 1 amide bonds. The van der Waals surface area contributed by atoms with Crippen LogP contribution in [0.4, 0.5) is 14.5 Å². The second kappa shape index (κ2) is 7.95. The Bertz CT molecular complexity index is 818. The number of halogens is 2. The number of fused-ring (bicyclic) bond motifs is 1. The third kappa shape index (κ3) is 4.78. The predicted molar refractivity (Wildman–Crippen MR) is 89.9 cm³/mol. The molecule has 0 fully saturated rings. The molecule has 136 valence electrons. The Morgan fingerprint density at radius 3 is 2.46 bits per heavy atom. The van der Waals surface area contributed by atoms with Gasteiger partial charge in [-0.25, -0.2) is 13.6 Å². The van der Waals surface area contributed by atoms with Gasteiger partial charge in [-0.2, -0.15) is 0 Å². The molecule has 0 atom stereocenters. The molecule has 26 heavy (non-hydrogen) atoms. The number of amides is 1. The van der Waals surface area contributed by atoms with Crippen molar-refractivity contribution in [3.05, 3.63) is 59.2 Å². The lowest BCUT2D eigenvalue weighted by Gasteiger charge is -2.09. The largest absolute Gasteiger partial charge is 0.482 e. The normalized spacial score (nSPS) is 12.4. The first-order valence-electron chi connectivity index (χ1n) is 8.16. The summed E-state index contributed by atoms with van der Waals surface area (Å²) in [6.45, 7) is -0.912. The van der Waals surface area contributed by atoms with Crippen molar-refractivity contribution in [3.63, 3.8) is 0 Å². The Morgan fingerprint density at radius 1 is 0.962 bits per heavy atom. The van der Waals surface area contributed by atoms with E-state index in [4.69, 9.17) is 9.47 Å². The first-order chi connectivity index (χ1) is 12.5. The van der Waals surface area contributed by atoms with Crippen LogP contribution in [0.15, 0.2) is 36.4 Å². The maximum Gasteiger partial charge on any atom is 0.344 e. The first kappa shape index (κ1) is 17.8. The highest BCUT2D eigenvalue weighted by atomic mass is 19.1. The minimum absolute atomic E-state index is 0.0575. The lowest BCUT2D eigenvalue weighted by molar-refractivity contribution is -0.149. The number of nitrogens with one attached hydrogen (secondary N) is 1. The highest BCUT2D eigenvalue weighted by Crippen LogP contribution is 2.25. The van der Waals surface area contributed by atoms with Crippen LogP contribution < -0.4 is 10.1 Å². The smallest absolute Gasteiger partial charge is 0.344 e. The molecule has 2 aromatic carbocycles. The van der Waals surface area contributed by atoms with E-state index in [9.17, 15) is 18.4 Å². The SMILES string of the molecule is O=C(COC(=O)COc1ccc2c(c1)CCC2)Nc1cc(F)cc(F)c1. The summed E-state index contributed by atoms with van der Waals surface area (Å²) in [6.07, 6.45) is 3.17. The van der Waals surface area contributed by atoms with E-state index < -0.39 is 30.1 Å². The molecule has 5 nitrogen and oxygen atoms in total. The molecule has 0 radical (unpaired) electrons. The summed E-state index contributed by atoms with van der Waals surface area (Å²) >= 11 is 0. The molecule has 7 heteroatoms. The second-order valence-corrected chi connectivity index (χ2v) is 5.94. The van der Waals surface area contributed by atoms with Crippen molar-refractivity contribution in [1.29, 1.82) is 0 Å². The Hall–Kier alpha value is -2.96. The number of hydrogen-bond donors (Lipinski definition) is 1. The average Bonchev–Trinajstić information content (AvgIpc) is 3.05. The van der Waals surface area contributed by atoms with E-state index in [0.29, 0.717) is 11.8 Å². The second-order valence-electron chi connectivity index (χ2n) is 5.94. The molecule has 2 aromatic rings. The van der Waals surface area contributed by atoms with E-state index in [2.05, 4.69) is 5.32 Å². The minimum atomic E-state index is -0.819. The van der Waals surface area contributed by atoms with E-state index in [1.807, 2.05) is 12.1 Å². The predicted octanol–water partition coefficient (Wildman–Crippen LogP) is 3.01. The number of esters is 1. The third-order valence-corrected chi connectivity index (χ3v) is 3.94. The van der Waals surface area contributed by atoms with Crippen LogP contribution >= 0.6 is 0 Å². The molecule has 0 spiro atoms. The number of benzene rings is 2. The molecule has 0 bridgehead atoms. The summed E-state index contributed by atoms with van der Waals surface area (Å²) < 4.78 is 36.2. The number of anilines is 1. The Morgan fingerprint density at radius 2 is 1.69 bits per heavy atom. The molecular weight excluding hydrogens is 344 g/mol. The van der Waals surface area contributed by atoms with Crippen molar-refractivity contribution < 1.29 is 27.8 Å². The Labute approximate surface area is 148 Å². The van der Waals surface area contributed by atoms with E-state index in [1.54, 1.807) is 6.07 Å². The fourth-order valence-corrected chi connectivity index (χ4v) is 2.79. The summed E-state index contributed by atoms with van der Waals surface area (Å²) in [6, 6.07) is 8.28. The van der Waals surface area contributed by atoms with Crippen molar-refractivity contribution in [3.8, 4) is 5.75 Å². The first-order valence-corrected chi connectivity index (χ1v) is 8.16. The number of carbonyl (C=O) groups is 2. The molecule has 0 saturated carbocycles.